The Labute approximate surface area is 111 Å². The highest BCUT2D eigenvalue weighted by Gasteiger charge is 2.08. The molecule has 0 atom stereocenters. The summed E-state index contributed by atoms with van der Waals surface area (Å²) in [5.41, 5.74) is 0. The first-order valence-corrected chi connectivity index (χ1v) is 5.56. The van der Waals surface area contributed by atoms with Crippen LogP contribution in [0.1, 0.15) is 6.92 Å². The molecule has 0 aliphatic carbocycles. The van der Waals surface area contributed by atoms with Crippen LogP contribution in [0.15, 0.2) is 24.3 Å². The maximum Gasteiger partial charge on any atom is 0.303 e. The number of esters is 1. The van der Waals surface area contributed by atoms with Crippen LogP contribution < -0.4 is 9.47 Å². The van der Waals surface area contributed by atoms with E-state index in [1.165, 1.54) is 6.92 Å². The molecule has 0 bridgehead atoms. The minimum atomic E-state index is -0.508. The first kappa shape index (κ1) is 14.6. The summed E-state index contributed by atoms with van der Waals surface area (Å²) in [6, 6.07) is 6.85. The van der Waals surface area contributed by atoms with Gasteiger partial charge < -0.3 is 14.2 Å². The molecule has 0 aliphatic rings. The molecule has 0 amide bonds. The molecule has 5 nitrogen and oxygen atoms in total. The van der Waals surface area contributed by atoms with Gasteiger partial charge in [0.25, 0.3) is 0 Å². The van der Waals surface area contributed by atoms with Crippen molar-refractivity contribution in [1.82, 2.24) is 0 Å². The minimum absolute atomic E-state index is 0.113. The number of Topliss-reactive ketones (excluding diaryl/α,β-unsaturated/α-hetero) is 1. The molecule has 100 valence electrons. The lowest BCUT2D eigenvalue weighted by molar-refractivity contribution is -0.146. The summed E-state index contributed by atoms with van der Waals surface area (Å²) in [5, 5.41) is 0. The molecular weight excluding hydrogens is 248 g/mol. The number of para-hydroxylation sites is 2. The number of hydrogen-bond donors (Lipinski definition) is 0. The van der Waals surface area contributed by atoms with Crippen molar-refractivity contribution in [3.05, 3.63) is 24.3 Å². The number of hydrogen-bond acceptors (Lipinski definition) is 5. The second kappa shape index (κ2) is 7.77. The van der Waals surface area contributed by atoms with Gasteiger partial charge in [0, 0.05) is 6.92 Å². The minimum Gasteiger partial charge on any atom is -0.482 e. The van der Waals surface area contributed by atoms with Crippen LogP contribution in [0.4, 0.5) is 0 Å². The van der Waals surface area contributed by atoms with Crippen molar-refractivity contribution in [2.45, 2.75) is 6.92 Å². The molecule has 0 saturated heterocycles. The van der Waals surface area contributed by atoms with E-state index in [1.54, 1.807) is 24.3 Å². The molecule has 1 aromatic carbocycles. The molecule has 0 fully saturated rings. The van der Waals surface area contributed by atoms with Crippen molar-refractivity contribution in [2.24, 2.45) is 0 Å². The smallest absolute Gasteiger partial charge is 0.303 e. The number of carbonyl (C=O) groups is 2. The number of carbonyl (C=O) groups excluding carboxylic acids is 2. The van der Waals surface area contributed by atoms with Gasteiger partial charge in [-0.3, -0.25) is 9.59 Å². The van der Waals surface area contributed by atoms with Gasteiger partial charge in [-0.05, 0) is 12.1 Å². The van der Waals surface area contributed by atoms with Crippen LogP contribution in [-0.4, -0.2) is 31.6 Å². The van der Waals surface area contributed by atoms with Crippen LogP contribution in [0.2, 0.25) is 0 Å². The highest BCUT2D eigenvalue weighted by molar-refractivity contribution is 5.83. The van der Waals surface area contributed by atoms with E-state index in [9.17, 15) is 9.59 Å². The Morgan fingerprint density at radius 2 is 1.79 bits per heavy atom. The SMILES string of the molecule is C#CCOc1ccccc1OCC(=O)COC(C)=O. The summed E-state index contributed by atoms with van der Waals surface area (Å²) in [7, 11) is 0. The fraction of sp³-hybridized carbons (Fsp3) is 0.286. The third-order valence-corrected chi connectivity index (χ3v) is 1.99. The van der Waals surface area contributed by atoms with Crippen molar-refractivity contribution in [3.8, 4) is 23.8 Å². The molecule has 5 heteroatoms. The number of terminal acetylenes is 1. The van der Waals surface area contributed by atoms with Gasteiger partial charge in [-0.15, -0.1) is 6.42 Å². The molecule has 0 aromatic heterocycles. The number of ketones is 1. The van der Waals surface area contributed by atoms with E-state index in [2.05, 4.69) is 10.7 Å². The summed E-state index contributed by atoms with van der Waals surface area (Å²) in [6.07, 6.45) is 5.10. The molecule has 1 rings (SSSR count). The lowest BCUT2D eigenvalue weighted by Gasteiger charge is -2.10. The van der Waals surface area contributed by atoms with Crippen molar-refractivity contribution in [1.29, 1.82) is 0 Å². The topological polar surface area (TPSA) is 61.8 Å². The third-order valence-electron chi connectivity index (χ3n) is 1.99. The maximum absolute atomic E-state index is 11.4. The van der Waals surface area contributed by atoms with Crippen LogP contribution in [0.5, 0.6) is 11.5 Å². The number of benzene rings is 1. The van der Waals surface area contributed by atoms with Gasteiger partial charge >= 0.3 is 5.97 Å². The van der Waals surface area contributed by atoms with E-state index in [4.69, 9.17) is 15.9 Å². The average molecular weight is 262 g/mol. The lowest BCUT2D eigenvalue weighted by Crippen LogP contribution is -2.19. The van der Waals surface area contributed by atoms with Crippen molar-refractivity contribution < 1.29 is 23.8 Å². The van der Waals surface area contributed by atoms with Gasteiger partial charge in [-0.2, -0.15) is 0 Å². The molecule has 0 N–H and O–H groups in total. The molecular formula is C14H14O5. The fourth-order valence-electron chi connectivity index (χ4n) is 1.19. The first-order valence-electron chi connectivity index (χ1n) is 5.56. The van der Waals surface area contributed by atoms with Crippen molar-refractivity contribution in [3.63, 3.8) is 0 Å². The normalized spacial score (nSPS) is 9.26. The Balaban J connectivity index is 2.50. The second-order valence-electron chi connectivity index (χ2n) is 3.55. The van der Waals surface area contributed by atoms with Crippen LogP contribution in [0.25, 0.3) is 0 Å². The highest BCUT2D eigenvalue weighted by Crippen LogP contribution is 2.26. The van der Waals surface area contributed by atoms with Gasteiger partial charge in [0.2, 0.25) is 5.78 Å². The van der Waals surface area contributed by atoms with E-state index < -0.39 is 5.97 Å². The summed E-state index contributed by atoms with van der Waals surface area (Å²) >= 11 is 0. The van der Waals surface area contributed by atoms with Gasteiger partial charge in [-0.25, -0.2) is 0 Å². The monoisotopic (exact) mass is 262 g/mol. The van der Waals surface area contributed by atoms with Crippen molar-refractivity contribution in [2.75, 3.05) is 19.8 Å². The Morgan fingerprint density at radius 3 is 2.37 bits per heavy atom. The van der Waals surface area contributed by atoms with E-state index in [0.29, 0.717) is 11.5 Å². The Morgan fingerprint density at radius 1 is 1.16 bits per heavy atom. The zero-order chi connectivity index (χ0) is 14.1. The summed E-state index contributed by atoms with van der Waals surface area (Å²) in [5.74, 6) is 2.36. The molecule has 0 aliphatic heterocycles. The number of rotatable bonds is 7. The van der Waals surface area contributed by atoms with Crippen molar-refractivity contribution >= 4 is 11.8 Å². The van der Waals surface area contributed by atoms with E-state index >= 15 is 0 Å². The Kier molecular flexibility index (Phi) is 5.96. The summed E-state index contributed by atoms with van der Waals surface area (Å²) in [6.45, 7) is 0.839. The second-order valence-corrected chi connectivity index (χ2v) is 3.55. The Hall–Kier alpha value is -2.48. The standard InChI is InChI=1S/C14H14O5/c1-3-8-17-13-6-4-5-7-14(13)19-10-12(16)9-18-11(2)15/h1,4-7H,8-10H2,2H3. The van der Waals surface area contributed by atoms with Crippen LogP contribution in [0.3, 0.4) is 0 Å². The van der Waals surface area contributed by atoms with Gasteiger partial charge in [0.15, 0.2) is 24.7 Å². The maximum atomic E-state index is 11.4. The van der Waals surface area contributed by atoms with Gasteiger partial charge in [0.05, 0.1) is 0 Å². The average Bonchev–Trinajstić information content (AvgIpc) is 2.41. The predicted molar refractivity (Wildman–Crippen MR) is 67.9 cm³/mol. The van der Waals surface area contributed by atoms with Crippen LogP contribution in [0, 0.1) is 12.3 Å². The molecule has 19 heavy (non-hydrogen) atoms. The first-order chi connectivity index (χ1) is 9.13. The van der Waals surface area contributed by atoms with E-state index in [-0.39, 0.29) is 25.6 Å². The molecule has 0 radical (unpaired) electrons. The number of ether oxygens (including phenoxy) is 3. The lowest BCUT2D eigenvalue weighted by atomic mass is 10.3. The molecule has 0 saturated carbocycles. The predicted octanol–water partition coefficient (Wildman–Crippen LogP) is 1.21. The zero-order valence-corrected chi connectivity index (χ0v) is 10.5. The van der Waals surface area contributed by atoms with Crippen LogP contribution >= 0.6 is 0 Å². The largest absolute Gasteiger partial charge is 0.482 e. The highest BCUT2D eigenvalue weighted by atomic mass is 16.5. The summed E-state index contributed by atoms with van der Waals surface area (Å²) < 4.78 is 15.1. The summed E-state index contributed by atoms with van der Waals surface area (Å²) in [4.78, 5) is 21.9. The quantitative estimate of drug-likeness (QED) is 0.546. The molecule has 1 aromatic rings. The van der Waals surface area contributed by atoms with E-state index in [1.807, 2.05) is 0 Å². The fourth-order valence-corrected chi connectivity index (χ4v) is 1.19. The zero-order valence-electron chi connectivity index (χ0n) is 10.5. The molecule has 0 spiro atoms. The Bertz CT molecular complexity index is 487. The van der Waals surface area contributed by atoms with E-state index in [0.717, 1.165) is 0 Å². The van der Waals surface area contributed by atoms with Gasteiger partial charge in [0.1, 0.15) is 6.61 Å². The molecule has 0 unspecified atom stereocenters. The molecule has 0 heterocycles. The van der Waals surface area contributed by atoms with Gasteiger partial charge in [-0.1, -0.05) is 18.1 Å². The van der Waals surface area contributed by atoms with Crippen LogP contribution in [-0.2, 0) is 14.3 Å². The third kappa shape index (κ3) is 5.59.